The molecule has 8 heteroatoms. The first-order valence-electron chi connectivity index (χ1n) is 7.67. The number of carbonyl (C=O) groups is 1. The van der Waals surface area contributed by atoms with E-state index in [9.17, 15) is 4.79 Å². The van der Waals surface area contributed by atoms with Gasteiger partial charge in [0.05, 0.1) is 15.2 Å². The average Bonchev–Trinajstić information content (AvgIpc) is 2.89. The molecule has 2 N–H and O–H groups in total. The Morgan fingerprint density at radius 1 is 1.46 bits per heavy atom. The van der Waals surface area contributed by atoms with Crippen LogP contribution in [0.5, 0.6) is 0 Å². The van der Waals surface area contributed by atoms with Crippen LogP contribution in [0, 0.1) is 5.92 Å². The third kappa shape index (κ3) is 5.56. The van der Waals surface area contributed by atoms with E-state index in [0.717, 1.165) is 34.5 Å². The molecule has 2 atom stereocenters. The van der Waals surface area contributed by atoms with Crippen LogP contribution in [0.2, 0.25) is 0 Å². The van der Waals surface area contributed by atoms with Crippen molar-refractivity contribution in [2.24, 2.45) is 5.92 Å². The molecule has 4 nitrogen and oxygen atoms in total. The number of nitrogens with one attached hydrogen (secondary N) is 2. The first kappa shape index (κ1) is 21.6. The normalized spacial score (nSPS) is 20.1. The Morgan fingerprint density at radius 2 is 2.25 bits per heavy atom. The second-order valence-electron chi connectivity index (χ2n) is 5.86. The summed E-state index contributed by atoms with van der Waals surface area (Å²) in [6, 6.07) is 6.42. The maximum atomic E-state index is 12.1. The van der Waals surface area contributed by atoms with Crippen molar-refractivity contribution < 1.29 is 4.79 Å². The van der Waals surface area contributed by atoms with Gasteiger partial charge in [0.25, 0.3) is 0 Å². The number of nitrogens with zero attached hydrogens (tertiary/aromatic N) is 1. The second kappa shape index (κ2) is 9.92. The summed E-state index contributed by atoms with van der Waals surface area (Å²) in [7, 11) is 0. The van der Waals surface area contributed by atoms with Gasteiger partial charge in [-0.3, -0.25) is 4.79 Å². The zero-order valence-corrected chi connectivity index (χ0v) is 17.4. The number of hydrogen-bond acceptors (Lipinski definition) is 4. The van der Waals surface area contributed by atoms with E-state index >= 15 is 0 Å². The molecule has 2 aromatic rings. The number of rotatable bonds is 4. The van der Waals surface area contributed by atoms with Gasteiger partial charge in [0, 0.05) is 23.4 Å². The molecule has 1 aromatic heterocycles. The first-order valence-corrected chi connectivity index (χ1v) is 9.28. The maximum Gasteiger partial charge on any atom is 0.220 e. The van der Waals surface area contributed by atoms with E-state index < -0.39 is 0 Å². The molecule has 1 fully saturated rings. The van der Waals surface area contributed by atoms with Crippen LogP contribution in [-0.2, 0) is 11.2 Å². The molecule has 0 bridgehead atoms. The number of carbonyl (C=O) groups excluding carboxylic acids is 1. The summed E-state index contributed by atoms with van der Waals surface area (Å²) in [5.41, 5.74) is 1.00. The van der Waals surface area contributed by atoms with Crippen molar-refractivity contribution in [1.82, 2.24) is 15.6 Å². The maximum absolute atomic E-state index is 12.1. The summed E-state index contributed by atoms with van der Waals surface area (Å²) < 4.78 is 2.21. The van der Waals surface area contributed by atoms with Crippen LogP contribution in [-0.4, -0.2) is 30.0 Å². The van der Waals surface area contributed by atoms with Gasteiger partial charge in [-0.25, -0.2) is 4.98 Å². The number of benzene rings is 1. The lowest BCUT2D eigenvalue weighted by Gasteiger charge is -2.30. The lowest BCUT2D eigenvalue weighted by Crippen LogP contribution is -2.48. The molecular formula is C16H22BrCl2N3OS. The van der Waals surface area contributed by atoms with Crippen molar-refractivity contribution in [3.8, 4) is 0 Å². The Morgan fingerprint density at radius 3 is 3.00 bits per heavy atom. The third-order valence-electron chi connectivity index (χ3n) is 4.09. The van der Waals surface area contributed by atoms with E-state index in [1.807, 2.05) is 12.1 Å². The highest BCUT2D eigenvalue weighted by atomic mass is 79.9. The molecule has 0 spiro atoms. The number of halogens is 3. The molecular weight excluding hydrogens is 433 g/mol. The molecule has 1 aliphatic rings. The Hall–Kier alpha value is -0.400. The molecule has 1 aromatic carbocycles. The predicted octanol–water partition coefficient (Wildman–Crippen LogP) is 3.95. The molecule has 1 aliphatic heterocycles. The van der Waals surface area contributed by atoms with E-state index in [0.29, 0.717) is 24.8 Å². The van der Waals surface area contributed by atoms with Crippen LogP contribution in [0.3, 0.4) is 0 Å². The minimum Gasteiger partial charge on any atom is -0.353 e. The lowest BCUT2D eigenvalue weighted by atomic mass is 9.95. The number of amides is 1. The molecule has 2 unspecified atom stereocenters. The highest BCUT2D eigenvalue weighted by molar-refractivity contribution is 9.10. The van der Waals surface area contributed by atoms with Crippen LogP contribution in [0.4, 0.5) is 0 Å². The fourth-order valence-corrected chi connectivity index (χ4v) is 4.08. The number of hydrogen-bond donors (Lipinski definition) is 2. The van der Waals surface area contributed by atoms with Gasteiger partial charge in [0.2, 0.25) is 5.91 Å². The summed E-state index contributed by atoms with van der Waals surface area (Å²) >= 11 is 5.13. The van der Waals surface area contributed by atoms with Gasteiger partial charge < -0.3 is 10.6 Å². The zero-order chi connectivity index (χ0) is 15.5. The fourth-order valence-electron chi connectivity index (χ4n) is 2.78. The van der Waals surface area contributed by atoms with Gasteiger partial charge >= 0.3 is 0 Å². The van der Waals surface area contributed by atoms with Gasteiger partial charge in [-0.15, -0.1) is 36.2 Å². The van der Waals surface area contributed by atoms with Crippen LogP contribution in [0.1, 0.15) is 24.8 Å². The summed E-state index contributed by atoms with van der Waals surface area (Å²) in [5.74, 6) is 0.636. The summed E-state index contributed by atoms with van der Waals surface area (Å²) in [6.45, 7) is 4.15. The molecule has 1 amide bonds. The number of piperidine rings is 1. The summed E-state index contributed by atoms with van der Waals surface area (Å²) in [5, 5.41) is 7.55. The summed E-state index contributed by atoms with van der Waals surface area (Å²) in [6.07, 6.45) is 2.24. The van der Waals surface area contributed by atoms with Crippen LogP contribution in [0.15, 0.2) is 22.7 Å². The number of thiazole rings is 1. The van der Waals surface area contributed by atoms with Crippen molar-refractivity contribution in [3.05, 3.63) is 27.7 Å². The topological polar surface area (TPSA) is 54.0 Å². The molecule has 2 heterocycles. The van der Waals surface area contributed by atoms with E-state index in [1.54, 1.807) is 11.3 Å². The highest BCUT2D eigenvalue weighted by Gasteiger charge is 2.22. The molecule has 24 heavy (non-hydrogen) atoms. The van der Waals surface area contributed by atoms with Gasteiger partial charge in [-0.1, -0.05) is 22.9 Å². The summed E-state index contributed by atoms with van der Waals surface area (Å²) in [4.78, 5) is 16.7. The monoisotopic (exact) mass is 453 g/mol. The SMILES string of the molecule is CC1CNCCC1NC(=O)CCc1nc2cc(Br)ccc2s1.Cl.Cl. The largest absolute Gasteiger partial charge is 0.353 e. The van der Waals surface area contributed by atoms with E-state index in [1.165, 1.54) is 4.70 Å². The number of aromatic nitrogens is 1. The van der Waals surface area contributed by atoms with Gasteiger partial charge in [0.1, 0.15) is 0 Å². The van der Waals surface area contributed by atoms with Crippen molar-refractivity contribution in [3.63, 3.8) is 0 Å². The molecule has 0 aliphatic carbocycles. The average molecular weight is 455 g/mol. The molecule has 0 radical (unpaired) electrons. The van der Waals surface area contributed by atoms with Crippen molar-refractivity contribution in [2.45, 2.75) is 32.2 Å². The number of aryl methyl sites for hydroxylation is 1. The Balaban J connectivity index is 0.00000144. The quantitative estimate of drug-likeness (QED) is 0.735. The van der Waals surface area contributed by atoms with Crippen molar-refractivity contribution in [1.29, 1.82) is 0 Å². The van der Waals surface area contributed by atoms with Crippen LogP contribution < -0.4 is 10.6 Å². The Kier molecular flexibility index (Phi) is 8.95. The molecule has 3 rings (SSSR count). The van der Waals surface area contributed by atoms with E-state index in [4.69, 9.17) is 0 Å². The van der Waals surface area contributed by atoms with E-state index in [2.05, 4.69) is 44.5 Å². The lowest BCUT2D eigenvalue weighted by molar-refractivity contribution is -0.122. The molecule has 0 saturated carbocycles. The van der Waals surface area contributed by atoms with E-state index in [-0.39, 0.29) is 30.7 Å². The number of fused-ring (bicyclic) bond motifs is 1. The van der Waals surface area contributed by atoms with Gasteiger partial charge in [-0.05, 0) is 43.6 Å². The first-order chi connectivity index (χ1) is 10.6. The fraction of sp³-hybridized carbons (Fsp3) is 0.500. The van der Waals surface area contributed by atoms with Gasteiger partial charge in [0.15, 0.2) is 0 Å². The minimum atomic E-state index is 0. The zero-order valence-electron chi connectivity index (χ0n) is 13.4. The Labute approximate surface area is 167 Å². The third-order valence-corrected chi connectivity index (χ3v) is 5.68. The standard InChI is InChI=1S/C16H20BrN3OS.2ClH/c1-10-9-18-7-6-12(10)19-15(21)4-5-16-20-13-8-11(17)2-3-14(13)22-16;;/h2-3,8,10,12,18H,4-7,9H2,1H3,(H,19,21);2*1H. The van der Waals surface area contributed by atoms with Crippen LogP contribution in [0.25, 0.3) is 10.2 Å². The smallest absolute Gasteiger partial charge is 0.220 e. The Bertz CT molecular complexity index is 682. The predicted molar refractivity (Wildman–Crippen MR) is 109 cm³/mol. The van der Waals surface area contributed by atoms with Crippen molar-refractivity contribution >= 4 is 68.2 Å². The molecule has 134 valence electrons. The minimum absolute atomic E-state index is 0. The van der Waals surface area contributed by atoms with Gasteiger partial charge in [-0.2, -0.15) is 0 Å². The second-order valence-corrected chi connectivity index (χ2v) is 7.89. The highest BCUT2D eigenvalue weighted by Crippen LogP contribution is 2.25. The van der Waals surface area contributed by atoms with Crippen LogP contribution >= 0.6 is 52.1 Å². The van der Waals surface area contributed by atoms with Crippen molar-refractivity contribution in [2.75, 3.05) is 13.1 Å². The molecule has 1 saturated heterocycles.